The molecule has 0 amide bonds. The van der Waals surface area contributed by atoms with E-state index in [1.807, 2.05) is 0 Å². The minimum absolute atomic E-state index is 0.0175. The lowest BCUT2D eigenvalue weighted by Gasteiger charge is -2.28. The van der Waals surface area contributed by atoms with Gasteiger partial charge in [-0.3, -0.25) is 4.79 Å². The van der Waals surface area contributed by atoms with E-state index in [9.17, 15) is 13.6 Å². The summed E-state index contributed by atoms with van der Waals surface area (Å²) in [4.78, 5) is 11.3. The highest BCUT2D eigenvalue weighted by Gasteiger charge is 2.60. The van der Waals surface area contributed by atoms with Gasteiger partial charge in [-0.05, 0) is 24.7 Å². The van der Waals surface area contributed by atoms with Crippen LogP contribution in [0.1, 0.15) is 32.1 Å². The van der Waals surface area contributed by atoms with Gasteiger partial charge in [-0.25, -0.2) is 8.78 Å². The molecule has 0 aromatic carbocycles. The third kappa shape index (κ3) is 1.67. The van der Waals surface area contributed by atoms with Gasteiger partial charge in [0.25, 0.3) is 0 Å². The molecule has 1 unspecified atom stereocenters. The van der Waals surface area contributed by atoms with Crippen LogP contribution in [0.25, 0.3) is 0 Å². The van der Waals surface area contributed by atoms with E-state index in [2.05, 4.69) is 0 Å². The van der Waals surface area contributed by atoms with Crippen LogP contribution < -0.4 is 0 Å². The van der Waals surface area contributed by atoms with Crippen LogP contribution in [0.5, 0.6) is 0 Å². The Labute approximate surface area is 86.8 Å². The molecule has 2 aliphatic carbocycles. The first-order chi connectivity index (χ1) is 6.49. The number of alkyl halides is 3. The molecule has 2 saturated carbocycles. The lowest BCUT2D eigenvalue weighted by Crippen LogP contribution is -2.27. The number of Topliss-reactive ketones (excluding diaryl/α,β-unsaturated/α-hetero) is 1. The Hall–Kier alpha value is -0.180. The molecule has 2 aliphatic rings. The van der Waals surface area contributed by atoms with E-state index in [1.165, 1.54) is 0 Å². The van der Waals surface area contributed by atoms with Crippen LogP contribution in [0, 0.1) is 11.3 Å². The highest BCUT2D eigenvalue weighted by molar-refractivity contribution is 6.28. The molecule has 14 heavy (non-hydrogen) atoms. The minimum Gasteiger partial charge on any atom is -0.298 e. The summed E-state index contributed by atoms with van der Waals surface area (Å²) >= 11 is 5.45. The molecular formula is C10H13ClF2O. The largest absolute Gasteiger partial charge is 0.298 e. The molecule has 80 valence electrons. The molecule has 0 heterocycles. The lowest BCUT2D eigenvalue weighted by atomic mass is 9.82. The van der Waals surface area contributed by atoms with Gasteiger partial charge in [-0.1, -0.05) is 0 Å². The minimum atomic E-state index is -2.50. The average molecular weight is 223 g/mol. The third-order valence-corrected chi connectivity index (χ3v) is 3.95. The van der Waals surface area contributed by atoms with Gasteiger partial charge < -0.3 is 0 Å². The SMILES string of the molecule is O=C(CCl)C1CC12CCC(F)(F)CC2. The fraction of sp³-hybridized carbons (Fsp3) is 0.900. The van der Waals surface area contributed by atoms with Gasteiger partial charge in [0.15, 0.2) is 5.78 Å². The maximum Gasteiger partial charge on any atom is 0.248 e. The Kier molecular flexibility index (Phi) is 2.33. The molecule has 0 N–H and O–H groups in total. The molecule has 4 heteroatoms. The highest BCUT2D eigenvalue weighted by atomic mass is 35.5. The first-order valence-electron chi connectivity index (χ1n) is 4.96. The van der Waals surface area contributed by atoms with Crippen molar-refractivity contribution in [2.75, 3.05) is 5.88 Å². The summed E-state index contributed by atoms with van der Waals surface area (Å²) in [6.45, 7) is 0. The van der Waals surface area contributed by atoms with Gasteiger partial charge in [0.05, 0.1) is 5.88 Å². The van der Waals surface area contributed by atoms with Gasteiger partial charge in [0.1, 0.15) is 0 Å². The summed E-state index contributed by atoms with van der Waals surface area (Å²) in [7, 11) is 0. The van der Waals surface area contributed by atoms with Crippen LogP contribution >= 0.6 is 11.6 Å². The molecule has 0 radical (unpaired) electrons. The Bertz CT molecular complexity index is 255. The summed E-state index contributed by atoms with van der Waals surface area (Å²) in [5, 5.41) is 0. The molecule has 2 rings (SSSR count). The molecule has 0 aromatic rings. The second-order valence-electron chi connectivity index (χ2n) is 4.57. The Balaban J connectivity index is 1.94. The molecule has 1 nitrogen and oxygen atoms in total. The van der Waals surface area contributed by atoms with Crippen molar-refractivity contribution < 1.29 is 13.6 Å². The smallest absolute Gasteiger partial charge is 0.248 e. The number of rotatable bonds is 2. The number of hydrogen-bond donors (Lipinski definition) is 0. The summed E-state index contributed by atoms with van der Waals surface area (Å²) < 4.78 is 25.7. The zero-order chi connectivity index (χ0) is 10.4. The van der Waals surface area contributed by atoms with E-state index < -0.39 is 5.92 Å². The second-order valence-corrected chi connectivity index (χ2v) is 4.84. The first-order valence-corrected chi connectivity index (χ1v) is 5.49. The van der Waals surface area contributed by atoms with Gasteiger partial charge in [0.2, 0.25) is 5.92 Å². The number of halogens is 3. The van der Waals surface area contributed by atoms with Gasteiger partial charge in [-0.15, -0.1) is 11.6 Å². The second kappa shape index (κ2) is 3.16. The number of carbonyl (C=O) groups is 1. The van der Waals surface area contributed by atoms with Crippen molar-refractivity contribution in [3.8, 4) is 0 Å². The molecule has 1 spiro atoms. The van der Waals surface area contributed by atoms with Crippen molar-refractivity contribution in [1.82, 2.24) is 0 Å². The highest BCUT2D eigenvalue weighted by Crippen LogP contribution is 2.63. The van der Waals surface area contributed by atoms with E-state index in [-0.39, 0.29) is 35.8 Å². The van der Waals surface area contributed by atoms with Crippen molar-refractivity contribution in [3.05, 3.63) is 0 Å². The summed E-state index contributed by atoms with van der Waals surface area (Å²) in [5.41, 5.74) is -0.0896. The molecule has 0 bridgehead atoms. The van der Waals surface area contributed by atoms with Crippen LogP contribution in [0.3, 0.4) is 0 Å². The quantitative estimate of drug-likeness (QED) is 0.657. The van der Waals surface area contributed by atoms with Crippen molar-refractivity contribution >= 4 is 17.4 Å². The average Bonchev–Trinajstić information content (AvgIpc) is 2.85. The van der Waals surface area contributed by atoms with Gasteiger partial charge >= 0.3 is 0 Å². The zero-order valence-electron chi connectivity index (χ0n) is 7.86. The summed E-state index contributed by atoms with van der Waals surface area (Å²) in [6, 6.07) is 0. The fourth-order valence-corrected chi connectivity index (χ4v) is 2.75. The number of ketones is 1. The van der Waals surface area contributed by atoms with Crippen LogP contribution in [0.4, 0.5) is 8.78 Å². The Morgan fingerprint density at radius 1 is 1.29 bits per heavy atom. The van der Waals surface area contributed by atoms with Crippen LogP contribution in [0.2, 0.25) is 0 Å². The predicted octanol–water partition coefficient (Wildman–Crippen LogP) is 3.01. The van der Waals surface area contributed by atoms with Crippen molar-refractivity contribution in [1.29, 1.82) is 0 Å². The molecule has 1 atom stereocenters. The van der Waals surface area contributed by atoms with E-state index in [0.717, 1.165) is 6.42 Å². The molecule has 2 fully saturated rings. The van der Waals surface area contributed by atoms with Crippen LogP contribution in [0.15, 0.2) is 0 Å². The van der Waals surface area contributed by atoms with E-state index >= 15 is 0 Å². The van der Waals surface area contributed by atoms with Crippen molar-refractivity contribution in [3.63, 3.8) is 0 Å². The topological polar surface area (TPSA) is 17.1 Å². The Morgan fingerprint density at radius 3 is 2.36 bits per heavy atom. The fourth-order valence-electron chi connectivity index (χ4n) is 2.56. The van der Waals surface area contributed by atoms with Crippen LogP contribution in [-0.4, -0.2) is 17.6 Å². The molecule has 0 saturated heterocycles. The maximum absolute atomic E-state index is 12.9. The first kappa shape index (κ1) is 10.3. The lowest BCUT2D eigenvalue weighted by molar-refractivity contribution is -0.119. The van der Waals surface area contributed by atoms with Crippen molar-refractivity contribution in [2.24, 2.45) is 11.3 Å². The van der Waals surface area contributed by atoms with E-state index in [0.29, 0.717) is 12.8 Å². The number of hydrogen-bond acceptors (Lipinski definition) is 1. The van der Waals surface area contributed by atoms with E-state index in [4.69, 9.17) is 11.6 Å². The predicted molar refractivity (Wildman–Crippen MR) is 49.7 cm³/mol. The van der Waals surface area contributed by atoms with Crippen molar-refractivity contribution in [2.45, 2.75) is 38.0 Å². The molecule has 0 aliphatic heterocycles. The Morgan fingerprint density at radius 2 is 1.86 bits per heavy atom. The molecule has 0 aromatic heterocycles. The normalized spacial score (nSPS) is 32.9. The van der Waals surface area contributed by atoms with Gasteiger partial charge in [0, 0.05) is 18.8 Å². The number of carbonyl (C=O) groups excluding carboxylic acids is 1. The summed E-state index contributed by atoms with van der Waals surface area (Å²) in [6.07, 6.45) is 1.66. The van der Waals surface area contributed by atoms with Crippen LogP contribution in [-0.2, 0) is 4.79 Å². The molecular weight excluding hydrogens is 210 g/mol. The zero-order valence-corrected chi connectivity index (χ0v) is 8.62. The van der Waals surface area contributed by atoms with Gasteiger partial charge in [-0.2, -0.15) is 0 Å². The monoisotopic (exact) mass is 222 g/mol. The summed E-state index contributed by atoms with van der Waals surface area (Å²) in [5.74, 6) is -2.45. The third-order valence-electron chi connectivity index (χ3n) is 3.69. The maximum atomic E-state index is 12.9. The standard InChI is InChI=1S/C10H13ClF2O/c11-6-8(14)7-5-9(7)1-3-10(12,13)4-2-9/h7H,1-6H2. The van der Waals surface area contributed by atoms with E-state index in [1.54, 1.807) is 0 Å².